The van der Waals surface area contributed by atoms with E-state index >= 15 is 0 Å². The van der Waals surface area contributed by atoms with Crippen LogP contribution in [-0.2, 0) is 0 Å². The van der Waals surface area contributed by atoms with Crippen LogP contribution in [0.3, 0.4) is 0 Å². The zero-order valence-corrected chi connectivity index (χ0v) is 11.3. The van der Waals surface area contributed by atoms with Gasteiger partial charge in [0.2, 0.25) is 11.8 Å². The molecule has 96 valence electrons. The second kappa shape index (κ2) is 5.36. The van der Waals surface area contributed by atoms with E-state index in [-0.39, 0.29) is 11.6 Å². The van der Waals surface area contributed by atoms with Crippen molar-refractivity contribution in [3.63, 3.8) is 0 Å². The molecule has 1 unspecified atom stereocenters. The average molecular weight is 315 g/mol. The van der Waals surface area contributed by atoms with E-state index in [4.69, 9.17) is 13.9 Å². The molecule has 18 heavy (non-hydrogen) atoms. The van der Waals surface area contributed by atoms with Crippen molar-refractivity contribution in [2.75, 3.05) is 14.2 Å². The Morgan fingerprint density at radius 2 is 2.11 bits per heavy atom. The van der Waals surface area contributed by atoms with Crippen LogP contribution < -0.4 is 9.47 Å². The van der Waals surface area contributed by atoms with Crippen LogP contribution in [0.5, 0.6) is 11.8 Å². The monoisotopic (exact) mass is 314 g/mol. The van der Waals surface area contributed by atoms with Gasteiger partial charge >= 0.3 is 0 Å². The van der Waals surface area contributed by atoms with Gasteiger partial charge in [0.25, 0.3) is 0 Å². The number of nitrogens with zero attached hydrogens (tertiary/aromatic N) is 2. The predicted molar refractivity (Wildman–Crippen MR) is 65.6 cm³/mol. The van der Waals surface area contributed by atoms with Crippen molar-refractivity contribution in [2.24, 2.45) is 0 Å². The van der Waals surface area contributed by atoms with Gasteiger partial charge < -0.3 is 19.0 Å². The fraction of sp³-hybridized carbons (Fsp3) is 0.273. The zero-order chi connectivity index (χ0) is 13.1. The lowest BCUT2D eigenvalue weighted by molar-refractivity contribution is 0.176. The molecule has 0 aliphatic heterocycles. The van der Waals surface area contributed by atoms with E-state index in [9.17, 15) is 5.11 Å². The number of aliphatic hydroxyl groups excluding tert-OH is 1. The molecule has 2 aromatic heterocycles. The van der Waals surface area contributed by atoms with Crippen LogP contribution in [0.1, 0.15) is 17.6 Å². The first kappa shape index (κ1) is 12.8. The molecular weight excluding hydrogens is 304 g/mol. The van der Waals surface area contributed by atoms with Gasteiger partial charge in [-0.25, -0.2) is 4.98 Å². The topological polar surface area (TPSA) is 77.6 Å². The van der Waals surface area contributed by atoms with Gasteiger partial charge in [0.05, 0.1) is 20.4 Å². The van der Waals surface area contributed by atoms with Crippen molar-refractivity contribution in [1.29, 1.82) is 0 Å². The van der Waals surface area contributed by atoms with Crippen molar-refractivity contribution >= 4 is 15.9 Å². The highest BCUT2D eigenvalue weighted by Gasteiger charge is 2.22. The molecule has 0 spiro atoms. The summed E-state index contributed by atoms with van der Waals surface area (Å²) in [6.45, 7) is 0. The van der Waals surface area contributed by atoms with Crippen LogP contribution in [0, 0.1) is 0 Å². The number of furan rings is 1. The fourth-order valence-electron chi connectivity index (χ4n) is 1.41. The minimum Gasteiger partial charge on any atom is -0.480 e. The zero-order valence-electron chi connectivity index (χ0n) is 9.75. The number of halogens is 1. The molecule has 0 amide bonds. The Hall–Kier alpha value is -1.60. The van der Waals surface area contributed by atoms with Crippen LogP contribution in [0.15, 0.2) is 27.4 Å². The number of methoxy groups -OCH3 is 2. The SMILES string of the molecule is COc1cnc(C(O)c2ccc(Br)o2)c(OC)n1. The molecule has 2 heterocycles. The summed E-state index contributed by atoms with van der Waals surface area (Å²) in [5.74, 6) is 0.845. The summed E-state index contributed by atoms with van der Waals surface area (Å²) >= 11 is 3.17. The van der Waals surface area contributed by atoms with Crippen LogP contribution in [0.2, 0.25) is 0 Å². The van der Waals surface area contributed by atoms with Crippen molar-refractivity contribution < 1.29 is 19.0 Å². The lowest BCUT2D eigenvalue weighted by atomic mass is 10.2. The Kier molecular flexibility index (Phi) is 3.83. The van der Waals surface area contributed by atoms with Crippen molar-refractivity contribution in [1.82, 2.24) is 9.97 Å². The first-order valence-electron chi connectivity index (χ1n) is 5.04. The van der Waals surface area contributed by atoms with Gasteiger partial charge in [-0.2, -0.15) is 4.98 Å². The highest BCUT2D eigenvalue weighted by atomic mass is 79.9. The summed E-state index contributed by atoms with van der Waals surface area (Å²) in [6, 6.07) is 3.32. The molecule has 2 aromatic rings. The minimum atomic E-state index is -1.05. The van der Waals surface area contributed by atoms with E-state index in [1.165, 1.54) is 20.4 Å². The first-order chi connectivity index (χ1) is 8.65. The smallest absolute Gasteiger partial charge is 0.241 e. The molecule has 1 atom stereocenters. The summed E-state index contributed by atoms with van der Waals surface area (Å²) in [5.41, 5.74) is 0.264. The molecule has 0 radical (unpaired) electrons. The number of aliphatic hydroxyl groups is 1. The summed E-state index contributed by atoms with van der Waals surface area (Å²) < 4.78 is 15.8. The molecule has 0 aromatic carbocycles. The third kappa shape index (κ3) is 2.46. The van der Waals surface area contributed by atoms with Gasteiger partial charge in [-0.3, -0.25) is 0 Å². The van der Waals surface area contributed by atoms with E-state index in [2.05, 4.69) is 25.9 Å². The van der Waals surface area contributed by atoms with Crippen LogP contribution in [0.4, 0.5) is 0 Å². The maximum atomic E-state index is 10.1. The normalized spacial score (nSPS) is 12.2. The standard InChI is InChI=1S/C11H11BrN2O4/c1-16-8-5-13-9(11(14-8)17-2)10(15)6-3-4-7(12)18-6/h3-5,10,15H,1-2H3. The van der Waals surface area contributed by atoms with Gasteiger partial charge in [-0.1, -0.05) is 0 Å². The van der Waals surface area contributed by atoms with Crippen LogP contribution in [-0.4, -0.2) is 29.3 Å². The number of rotatable bonds is 4. The number of aromatic nitrogens is 2. The van der Waals surface area contributed by atoms with Crippen molar-refractivity contribution in [2.45, 2.75) is 6.10 Å². The van der Waals surface area contributed by atoms with Crippen molar-refractivity contribution in [3.05, 3.63) is 34.5 Å². The molecule has 0 saturated carbocycles. The Morgan fingerprint density at radius 1 is 1.33 bits per heavy atom. The maximum Gasteiger partial charge on any atom is 0.241 e. The largest absolute Gasteiger partial charge is 0.480 e. The summed E-state index contributed by atoms with van der Waals surface area (Å²) in [7, 11) is 2.92. The minimum absolute atomic E-state index is 0.189. The Labute approximate surface area is 112 Å². The van der Waals surface area contributed by atoms with Crippen LogP contribution in [0.25, 0.3) is 0 Å². The third-order valence-electron chi connectivity index (χ3n) is 2.27. The molecule has 0 saturated heterocycles. The highest BCUT2D eigenvalue weighted by Crippen LogP contribution is 2.30. The Balaban J connectivity index is 2.38. The summed E-state index contributed by atoms with van der Waals surface area (Å²) in [5, 5.41) is 10.1. The molecule has 6 nitrogen and oxygen atoms in total. The van der Waals surface area contributed by atoms with E-state index in [1.807, 2.05) is 0 Å². The lowest BCUT2D eigenvalue weighted by Gasteiger charge is -2.11. The fourth-order valence-corrected chi connectivity index (χ4v) is 1.73. The number of ether oxygens (including phenoxy) is 2. The molecular formula is C11H11BrN2O4. The molecule has 2 rings (SSSR count). The number of hydrogen-bond donors (Lipinski definition) is 1. The summed E-state index contributed by atoms with van der Waals surface area (Å²) in [4.78, 5) is 8.11. The van der Waals surface area contributed by atoms with E-state index in [0.717, 1.165) is 0 Å². The second-order valence-electron chi connectivity index (χ2n) is 3.35. The average Bonchev–Trinajstić information content (AvgIpc) is 2.83. The Morgan fingerprint density at radius 3 is 2.67 bits per heavy atom. The molecule has 0 aliphatic carbocycles. The van der Waals surface area contributed by atoms with Gasteiger partial charge in [0.1, 0.15) is 11.5 Å². The molecule has 0 fully saturated rings. The first-order valence-corrected chi connectivity index (χ1v) is 5.83. The maximum absolute atomic E-state index is 10.1. The summed E-state index contributed by atoms with van der Waals surface area (Å²) in [6.07, 6.45) is 0.351. The van der Waals surface area contributed by atoms with Gasteiger partial charge in [-0.05, 0) is 28.1 Å². The third-order valence-corrected chi connectivity index (χ3v) is 2.70. The quantitative estimate of drug-likeness (QED) is 0.929. The molecule has 7 heteroatoms. The lowest BCUT2D eigenvalue weighted by Crippen LogP contribution is -2.06. The van der Waals surface area contributed by atoms with Gasteiger partial charge in [-0.15, -0.1) is 0 Å². The van der Waals surface area contributed by atoms with Gasteiger partial charge in [0.15, 0.2) is 10.8 Å². The number of hydrogen-bond acceptors (Lipinski definition) is 6. The van der Waals surface area contributed by atoms with E-state index in [0.29, 0.717) is 16.3 Å². The van der Waals surface area contributed by atoms with E-state index < -0.39 is 6.10 Å². The van der Waals surface area contributed by atoms with Gasteiger partial charge in [0, 0.05) is 0 Å². The highest BCUT2D eigenvalue weighted by molar-refractivity contribution is 9.10. The Bertz CT molecular complexity index is 544. The van der Waals surface area contributed by atoms with Crippen LogP contribution >= 0.6 is 15.9 Å². The molecule has 1 N–H and O–H groups in total. The molecule has 0 bridgehead atoms. The second-order valence-corrected chi connectivity index (χ2v) is 4.13. The molecule has 0 aliphatic rings. The van der Waals surface area contributed by atoms with E-state index in [1.54, 1.807) is 12.1 Å². The van der Waals surface area contributed by atoms with Crippen molar-refractivity contribution in [3.8, 4) is 11.8 Å². The predicted octanol–water partition coefficient (Wildman–Crippen LogP) is 1.93.